The van der Waals surface area contributed by atoms with E-state index in [1.54, 1.807) is 17.2 Å². The van der Waals surface area contributed by atoms with Gasteiger partial charge in [0, 0.05) is 12.1 Å². The molecule has 1 heterocycles. The van der Waals surface area contributed by atoms with Gasteiger partial charge in [-0.25, -0.2) is 4.39 Å². The number of rotatable bonds is 5. The third-order valence-electron chi connectivity index (χ3n) is 3.52. The van der Waals surface area contributed by atoms with Crippen molar-refractivity contribution in [1.82, 2.24) is 4.90 Å². The highest BCUT2D eigenvalue weighted by atomic mass is 19.1. The van der Waals surface area contributed by atoms with Gasteiger partial charge in [0.2, 0.25) is 0 Å². The highest BCUT2D eigenvalue weighted by Crippen LogP contribution is 2.15. The Kier molecular flexibility index (Phi) is 4.52. The molecule has 3 nitrogen and oxygen atoms in total. The Morgan fingerprint density at radius 1 is 0.913 bits per heavy atom. The summed E-state index contributed by atoms with van der Waals surface area (Å²) in [4.78, 5) is 14.4. The Morgan fingerprint density at radius 2 is 1.65 bits per heavy atom. The number of amides is 1. The van der Waals surface area contributed by atoms with E-state index in [-0.39, 0.29) is 11.7 Å². The summed E-state index contributed by atoms with van der Waals surface area (Å²) in [5.74, 6) is 0.184. The van der Waals surface area contributed by atoms with Crippen LogP contribution in [-0.4, -0.2) is 10.8 Å². The second-order valence-corrected chi connectivity index (χ2v) is 5.23. The van der Waals surface area contributed by atoms with Crippen LogP contribution in [-0.2, 0) is 13.1 Å². The molecule has 1 amide bonds. The van der Waals surface area contributed by atoms with Gasteiger partial charge in [-0.15, -0.1) is 0 Å². The largest absolute Gasteiger partial charge is 0.467 e. The van der Waals surface area contributed by atoms with Gasteiger partial charge in [0.05, 0.1) is 12.8 Å². The Bertz CT molecular complexity index is 752. The second kappa shape index (κ2) is 6.92. The first kappa shape index (κ1) is 15.0. The molecule has 0 N–H and O–H groups in total. The van der Waals surface area contributed by atoms with Gasteiger partial charge in [-0.05, 0) is 42.0 Å². The fourth-order valence-electron chi connectivity index (χ4n) is 2.37. The van der Waals surface area contributed by atoms with Gasteiger partial charge in [0.15, 0.2) is 0 Å². The lowest BCUT2D eigenvalue weighted by Gasteiger charge is -2.22. The summed E-state index contributed by atoms with van der Waals surface area (Å²) in [6, 6.07) is 18.9. The van der Waals surface area contributed by atoms with Crippen LogP contribution >= 0.6 is 0 Å². The molecule has 0 aliphatic rings. The molecular formula is C19H16FNO2. The standard InChI is InChI=1S/C19H16FNO2/c20-17-10-8-16(9-11-17)19(22)21(14-18-7-4-12-23-18)13-15-5-2-1-3-6-15/h1-12H,13-14H2. The smallest absolute Gasteiger partial charge is 0.254 e. The van der Waals surface area contributed by atoms with E-state index in [2.05, 4.69) is 0 Å². The maximum Gasteiger partial charge on any atom is 0.254 e. The van der Waals surface area contributed by atoms with Crippen LogP contribution in [0.4, 0.5) is 4.39 Å². The predicted octanol–water partition coefficient (Wildman–Crippen LogP) is 4.26. The Balaban J connectivity index is 1.84. The van der Waals surface area contributed by atoms with Crippen LogP contribution in [0.5, 0.6) is 0 Å². The van der Waals surface area contributed by atoms with E-state index < -0.39 is 0 Å². The third kappa shape index (κ3) is 3.86. The molecule has 23 heavy (non-hydrogen) atoms. The lowest BCUT2D eigenvalue weighted by atomic mass is 10.1. The fourth-order valence-corrected chi connectivity index (χ4v) is 2.37. The van der Waals surface area contributed by atoms with Crippen LogP contribution in [0.25, 0.3) is 0 Å². The van der Waals surface area contributed by atoms with Crippen LogP contribution in [0.1, 0.15) is 21.7 Å². The summed E-state index contributed by atoms with van der Waals surface area (Å²) in [5.41, 5.74) is 1.48. The minimum Gasteiger partial charge on any atom is -0.467 e. The van der Waals surface area contributed by atoms with Gasteiger partial charge in [-0.2, -0.15) is 0 Å². The third-order valence-corrected chi connectivity index (χ3v) is 3.52. The number of carbonyl (C=O) groups is 1. The molecule has 116 valence electrons. The first-order valence-electron chi connectivity index (χ1n) is 7.33. The van der Waals surface area contributed by atoms with Crippen molar-refractivity contribution in [1.29, 1.82) is 0 Å². The van der Waals surface area contributed by atoms with Gasteiger partial charge < -0.3 is 9.32 Å². The first-order valence-corrected chi connectivity index (χ1v) is 7.33. The zero-order valence-electron chi connectivity index (χ0n) is 12.5. The van der Waals surface area contributed by atoms with Crippen LogP contribution in [0.2, 0.25) is 0 Å². The summed E-state index contributed by atoms with van der Waals surface area (Å²) >= 11 is 0. The molecule has 0 aliphatic heterocycles. The summed E-state index contributed by atoms with van der Waals surface area (Å²) in [6.45, 7) is 0.815. The van der Waals surface area contributed by atoms with Crippen molar-refractivity contribution in [3.63, 3.8) is 0 Å². The fraction of sp³-hybridized carbons (Fsp3) is 0.105. The van der Waals surface area contributed by atoms with E-state index in [9.17, 15) is 9.18 Å². The molecule has 3 aromatic rings. The van der Waals surface area contributed by atoms with Crippen molar-refractivity contribution in [3.8, 4) is 0 Å². The normalized spacial score (nSPS) is 10.5. The van der Waals surface area contributed by atoms with Gasteiger partial charge in [-0.1, -0.05) is 30.3 Å². The first-order chi connectivity index (χ1) is 11.2. The molecule has 0 radical (unpaired) electrons. The van der Waals surface area contributed by atoms with E-state index >= 15 is 0 Å². The summed E-state index contributed by atoms with van der Waals surface area (Å²) in [7, 11) is 0. The Morgan fingerprint density at radius 3 is 2.30 bits per heavy atom. The van der Waals surface area contributed by atoms with Crippen LogP contribution in [0, 0.1) is 5.82 Å². The number of furan rings is 1. The minimum absolute atomic E-state index is 0.162. The molecule has 0 aliphatic carbocycles. The highest BCUT2D eigenvalue weighted by molar-refractivity contribution is 5.94. The van der Waals surface area contributed by atoms with E-state index in [0.29, 0.717) is 24.4 Å². The van der Waals surface area contributed by atoms with Crippen molar-refractivity contribution in [2.75, 3.05) is 0 Å². The average molecular weight is 309 g/mol. The number of carbonyl (C=O) groups excluding carboxylic acids is 1. The molecule has 0 saturated heterocycles. The van der Waals surface area contributed by atoms with Crippen LogP contribution in [0.15, 0.2) is 77.4 Å². The van der Waals surface area contributed by atoms with Gasteiger partial charge in [0.1, 0.15) is 11.6 Å². The maximum atomic E-state index is 13.1. The Labute approximate surface area is 134 Å². The molecule has 0 spiro atoms. The van der Waals surface area contributed by atoms with Crippen molar-refractivity contribution in [2.24, 2.45) is 0 Å². The summed E-state index contributed by atoms with van der Waals surface area (Å²) < 4.78 is 18.4. The van der Waals surface area contributed by atoms with Crippen molar-refractivity contribution in [2.45, 2.75) is 13.1 Å². The molecule has 0 saturated carbocycles. The van der Waals surface area contributed by atoms with Gasteiger partial charge in [0.25, 0.3) is 5.91 Å². The zero-order chi connectivity index (χ0) is 16.1. The van der Waals surface area contributed by atoms with E-state index in [1.165, 1.54) is 24.3 Å². The van der Waals surface area contributed by atoms with E-state index in [0.717, 1.165) is 5.56 Å². The van der Waals surface area contributed by atoms with Crippen molar-refractivity contribution < 1.29 is 13.6 Å². The Hall–Kier alpha value is -2.88. The molecule has 0 fully saturated rings. The molecule has 0 bridgehead atoms. The maximum absolute atomic E-state index is 13.1. The topological polar surface area (TPSA) is 33.5 Å². The lowest BCUT2D eigenvalue weighted by Crippen LogP contribution is -2.30. The van der Waals surface area contributed by atoms with Crippen molar-refractivity contribution >= 4 is 5.91 Å². The molecule has 1 aromatic heterocycles. The van der Waals surface area contributed by atoms with E-state index in [4.69, 9.17) is 4.42 Å². The number of benzene rings is 2. The second-order valence-electron chi connectivity index (χ2n) is 5.23. The highest BCUT2D eigenvalue weighted by Gasteiger charge is 2.17. The molecule has 3 rings (SSSR count). The minimum atomic E-state index is -0.359. The van der Waals surface area contributed by atoms with Gasteiger partial charge in [-0.3, -0.25) is 4.79 Å². The summed E-state index contributed by atoms with van der Waals surface area (Å²) in [5, 5.41) is 0. The lowest BCUT2D eigenvalue weighted by molar-refractivity contribution is 0.0717. The SMILES string of the molecule is O=C(c1ccc(F)cc1)N(Cc1ccccc1)Cc1ccco1. The van der Waals surface area contributed by atoms with Crippen molar-refractivity contribution in [3.05, 3.63) is 95.7 Å². The molecular weight excluding hydrogens is 293 g/mol. The predicted molar refractivity (Wildman–Crippen MR) is 85.1 cm³/mol. The number of hydrogen-bond donors (Lipinski definition) is 0. The molecule has 0 atom stereocenters. The summed E-state index contributed by atoms with van der Waals surface area (Å²) in [6.07, 6.45) is 1.58. The van der Waals surface area contributed by atoms with E-state index in [1.807, 2.05) is 36.4 Å². The zero-order valence-corrected chi connectivity index (χ0v) is 12.5. The monoisotopic (exact) mass is 309 g/mol. The number of nitrogens with zero attached hydrogens (tertiary/aromatic N) is 1. The average Bonchev–Trinajstić information content (AvgIpc) is 3.08. The molecule has 2 aromatic carbocycles. The number of halogens is 1. The van der Waals surface area contributed by atoms with Crippen LogP contribution < -0.4 is 0 Å². The number of hydrogen-bond acceptors (Lipinski definition) is 2. The quantitative estimate of drug-likeness (QED) is 0.705. The van der Waals surface area contributed by atoms with Crippen LogP contribution in [0.3, 0.4) is 0 Å². The van der Waals surface area contributed by atoms with Gasteiger partial charge >= 0.3 is 0 Å². The molecule has 0 unspecified atom stereocenters. The molecule has 4 heteroatoms.